The first-order valence-corrected chi connectivity index (χ1v) is 11.5. The van der Waals surface area contributed by atoms with Crippen molar-refractivity contribution in [3.63, 3.8) is 0 Å². The van der Waals surface area contributed by atoms with E-state index in [-0.39, 0.29) is 28.3 Å². The van der Waals surface area contributed by atoms with Gasteiger partial charge in [0.2, 0.25) is 0 Å². The molecule has 0 aromatic heterocycles. The molecule has 0 fully saturated rings. The third-order valence-electron chi connectivity index (χ3n) is 5.31. The number of benzene rings is 2. The van der Waals surface area contributed by atoms with Crippen molar-refractivity contribution in [3.8, 4) is 5.75 Å². The highest BCUT2D eigenvalue weighted by Gasteiger charge is 2.43. The van der Waals surface area contributed by atoms with Crippen LogP contribution < -0.4 is 15.4 Å². The highest BCUT2D eigenvalue weighted by Crippen LogP contribution is 2.33. The van der Waals surface area contributed by atoms with Gasteiger partial charge in [-0.2, -0.15) is 0 Å². The maximum atomic E-state index is 13.0. The zero-order chi connectivity index (χ0) is 23.8. The van der Waals surface area contributed by atoms with E-state index in [0.29, 0.717) is 15.6 Å². The fourth-order valence-corrected chi connectivity index (χ4v) is 5.31. The third kappa shape index (κ3) is 3.91. The number of nitrogens with one attached hydrogen (secondary N) is 2. The van der Waals surface area contributed by atoms with Gasteiger partial charge in [0.1, 0.15) is 10.6 Å². The number of carbonyl (C=O) groups is 3. The molecule has 0 spiro atoms. The molecule has 172 valence electrons. The van der Waals surface area contributed by atoms with E-state index in [2.05, 4.69) is 10.6 Å². The van der Waals surface area contributed by atoms with Crippen molar-refractivity contribution < 1.29 is 32.3 Å². The predicted octanol–water partition coefficient (Wildman–Crippen LogP) is 1.71. The lowest BCUT2D eigenvalue weighted by atomic mass is 9.95. The van der Waals surface area contributed by atoms with Gasteiger partial charge < -0.3 is 20.1 Å². The Morgan fingerprint density at radius 1 is 1.09 bits per heavy atom. The van der Waals surface area contributed by atoms with Crippen LogP contribution in [0.15, 0.2) is 64.7 Å². The number of hydrogen-bond acceptors (Lipinski definition) is 7. The minimum absolute atomic E-state index is 0.000531. The second-order valence-electron chi connectivity index (χ2n) is 7.23. The average Bonchev–Trinajstić information content (AvgIpc) is 2.99. The zero-order valence-electron chi connectivity index (χ0n) is 17.8. The Bertz CT molecular complexity index is 1270. The van der Waals surface area contributed by atoms with Crippen LogP contribution in [0.3, 0.4) is 0 Å². The van der Waals surface area contributed by atoms with Gasteiger partial charge in [-0.15, -0.1) is 0 Å². The lowest BCUT2D eigenvalue weighted by molar-refractivity contribution is -0.139. The van der Waals surface area contributed by atoms with Crippen LogP contribution in [0.5, 0.6) is 5.75 Å². The Morgan fingerprint density at radius 3 is 2.42 bits per heavy atom. The molecule has 2 heterocycles. The van der Waals surface area contributed by atoms with Crippen LogP contribution in [-0.4, -0.2) is 50.9 Å². The fourth-order valence-electron chi connectivity index (χ4n) is 3.77. The molecule has 0 aliphatic carbocycles. The van der Waals surface area contributed by atoms with Crippen molar-refractivity contribution in [2.75, 3.05) is 20.3 Å². The smallest absolute Gasteiger partial charge is 0.338 e. The van der Waals surface area contributed by atoms with Gasteiger partial charge in [0.05, 0.1) is 43.1 Å². The van der Waals surface area contributed by atoms with E-state index in [1.165, 1.54) is 25.3 Å². The topological polar surface area (TPSA) is 131 Å². The van der Waals surface area contributed by atoms with Gasteiger partial charge in [-0.3, -0.25) is 4.79 Å². The molecule has 2 aliphatic rings. The van der Waals surface area contributed by atoms with Crippen LogP contribution in [0.1, 0.15) is 28.9 Å². The number of hydrogen-bond donors (Lipinski definition) is 2. The third-order valence-corrected chi connectivity index (χ3v) is 7.10. The molecule has 2 aliphatic heterocycles. The highest BCUT2D eigenvalue weighted by atomic mass is 32.2. The van der Waals surface area contributed by atoms with Gasteiger partial charge in [0.25, 0.3) is 15.9 Å². The van der Waals surface area contributed by atoms with Crippen LogP contribution >= 0.6 is 0 Å². The number of esters is 1. The van der Waals surface area contributed by atoms with Gasteiger partial charge in [-0.25, -0.2) is 22.3 Å². The molecule has 2 N–H and O–H groups in total. The molecule has 33 heavy (non-hydrogen) atoms. The Morgan fingerprint density at radius 2 is 1.79 bits per heavy atom. The summed E-state index contributed by atoms with van der Waals surface area (Å²) in [6.45, 7) is 1.15. The summed E-state index contributed by atoms with van der Waals surface area (Å²) in [5.74, 6) is -0.912. The Kier molecular flexibility index (Phi) is 5.81. The van der Waals surface area contributed by atoms with Gasteiger partial charge in [0, 0.05) is 0 Å². The van der Waals surface area contributed by atoms with E-state index < -0.39 is 40.5 Å². The Balaban J connectivity index is 1.79. The van der Waals surface area contributed by atoms with Gasteiger partial charge in [-0.1, -0.05) is 24.3 Å². The summed E-state index contributed by atoms with van der Waals surface area (Å²) < 4.78 is 37.0. The number of fused-ring (bicyclic) bond motifs is 1. The molecule has 2 aromatic rings. The minimum Gasteiger partial charge on any atom is -0.497 e. The van der Waals surface area contributed by atoms with Crippen molar-refractivity contribution in [1.82, 2.24) is 14.9 Å². The second kappa shape index (κ2) is 8.58. The molecule has 3 amide bonds. The normalized spacial score (nSPS) is 19.0. The number of amides is 3. The number of rotatable bonds is 6. The van der Waals surface area contributed by atoms with Gasteiger partial charge in [-0.05, 0) is 36.8 Å². The molecule has 11 heteroatoms. The Hall–Kier alpha value is -3.86. The number of methoxy groups -OCH3 is 1. The van der Waals surface area contributed by atoms with Crippen molar-refractivity contribution in [1.29, 1.82) is 0 Å². The standard InChI is InChI=1S/C22H21N3O7S/c1-3-32-21(27)18-16(12-25-20(26)15-6-4-5-7-17(15)33(25,29)30)23-22(28)24-19(18)13-8-10-14(31-2)11-9-13/h4-11,19H,3,12H2,1-2H3,(H2,23,24,28). The van der Waals surface area contributed by atoms with Crippen molar-refractivity contribution in [3.05, 3.63) is 70.9 Å². The summed E-state index contributed by atoms with van der Waals surface area (Å²) in [6, 6.07) is 10.9. The summed E-state index contributed by atoms with van der Waals surface area (Å²) in [5, 5.41) is 5.15. The summed E-state index contributed by atoms with van der Waals surface area (Å²) in [5.41, 5.74) is 0.538. The zero-order valence-corrected chi connectivity index (χ0v) is 18.6. The molecule has 0 saturated heterocycles. The Labute approximate surface area is 190 Å². The SMILES string of the molecule is CCOC(=O)C1=C(CN2C(=O)c3ccccc3S2(=O)=O)NC(=O)NC1c1ccc(OC)cc1. The number of urea groups is 1. The van der Waals surface area contributed by atoms with E-state index in [1.807, 2.05) is 0 Å². The van der Waals surface area contributed by atoms with E-state index in [4.69, 9.17) is 9.47 Å². The fraction of sp³-hybridized carbons (Fsp3) is 0.227. The number of ether oxygens (including phenoxy) is 2. The highest BCUT2D eigenvalue weighted by molar-refractivity contribution is 7.90. The van der Waals surface area contributed by atoms with Gasteiger partial charge in [0.15, 0.2) is 0 Å². The number of carbonyl (C=O) groups excluding carboxylic acids is 3. The van der Waals surface area contributed by atoms with Crippen LogP contribution in [0.25, 0.3) is 0 Å². The molecule has 0 saturated carbocycles. The average molecular weight is 471 g/mol. The first-order chi connectivity index (χ1) is 15.8. The van der Waals surface area contributed by atoms with E-state index in [1.54, 1.807) is 37.3 Å². The second-order valence-corrected chi connectivity index (χ2v) is 9.06. The quantitative estimate of drug-likeness (QED) is 0.613. The monoisotopic (exact) mass is 471 g/mol. The number of nitrogens with zero attached hydrogens (tertiary/aromatic N) is 1. The summed E-state index contributed by atoms with van der Waals surface area (Å²) >= 11 is 0. The summed E-state index contributed by atoms with van der Waals surface area (Å²) in [6.07, 6.45) is 0. The van der Waals surface area contributed by atoms with Crippen LogP contribution in [0, 0.1) is 0 Å². The molecule has 1 unspecified atom stereocenters. The molecule has 10 nitrogen and oxygen atoms in total. The lowest BCUT2D eigenvalue weighted by Crippen LogP contribution is -2.49. The molecular weight excluding hydrogens is 450 g/mol. The molecule has 0 radical (unpaired) electrons. The first kappa shape index (κ1) is 22.3. The molecule has 2 aromatic carbocycles. The summed E-state index contributed by atoms with van der Waals surface area (Å²) in [4.78, 5) is 38.1. The lowest BCUT2D eigenvalue weighted by Gasteiger charge is -2.30. The largest absolute Gasteiger partial charge is 0.497 e. The minimum atomic E-state index is -4.16. The molecular formula is C22H21N3O7S. The summed E-state index contributed by atoms with van der Waals surface area (Å²) in [7, 11) is -2.65. The molecule has 1 atom stereocenters. The maximum absolute atomic E-state index is 13.0. The van der Waals surface area contributed by atoms with Crippen molar-refractivity contribution in [2.45, 2.75) is 17.9 Å². The maximum Gasteiger partial charge on any atom is 0.338 e. The van der Waals surface area contributed by atoms with E-state index in [0.717, 1.165) is 0 Å². The van der Waals surface area contributed by atoms with E-state index in [9.17, 15) is 22.8 Å². The number of sulfonamides is 1. The molecule has 4 rings (SSSR count). The van der Waals surface area contributed by atoms with Crippen molar-refractivity contribution in [2.24, 2.45) is 0 Å². The van der Waals surface area contributed by atoms with Crippen LogP contribution in [0.4, 0.5) is 4.79 Å². The van der Waals surface area contributed by atoms with Crippen LogP contribution in [-0.2, 0) is 19.6 Å². The predicted molar refractivity (Wildman–Crippen MR) is 116 cm³/mol. The van der Waals surface area contributed by atoms with Crippen molar-refractivity contribution >= 4 is 27.9 Å². The first-order valence-electron chi connectivity index (χ1n) is 10.1. The van der Waals surface area contributed by atoms with Gasteiger partial charge >= 0.3 is 12.0 Å². The van der Waals surface area contributed by atoms with Crippen LogP contribution in [0.2, 0.25) is 0 Å². The molecule has 0 bridgehead atoms. The van der Waals surface area contributed by atoms with E-state index >= 15 is 0 Å².